The molecule has 0 fully saturated rings. The zero-order valence-electron chi connectivity index (χ0n) is 19.6. The van der Waals surface area contributed by atoms with Crippen molar-refractivity contribution < 1.29 is 49.0 Å². The summed E-state index contributed by atoms with van der Waals surface area (Å²) in [6.07, 6.45) is 1.32. The lowest BCUT2D eigenvalue weighted by molar-refractivity contribution is -0.142. The highest BCUT2D eigenvalue weighted by molar-refractivity contribution is 5.94. The molecule has 0 bridgehead atoms. The van der Waals surface area contributed by atoms with Crippen LogP contribution in [0.1, 0.15) is 41.6 Å². The highest BCUT2D eigenvalue weighted by Gasteiger charge is 2.38. The number of phenolic OH excluding ortho intramolecular Hbond substituents is 1. The molecule has 1 amide bonds. The standard InChI is InChI=1S/C25H27NO10/c1-34-19-11-14(4-6-18(19)28)23-16(12-27)15-9-13(10-20(35-2)24(15)36-23)3-7-21(29)26-17(25(32)33)5-8-22(30)31/h3-4,6-7,9-11,16-17,23,27-28H,5,8,12H2,1-2H3,(H,26,29)(H,30,31)(H,32,33)/t16-,17+,23-/m1/s1. The van der Waals surface area contributed by atoms with Crippen LogP contribution in [0.2, 0.25) is 0 Å². The Morgan fingerprint density at radius 2 is 1.83 bits per heavy atom. The van der Waals surface area contributed by atoms with Gasteiger partial charge in [-0.3, -0.25) is 9.59 Å². The number of aliphatic hydroxyl groups excluding tert-OH is 1. The van der Waals surface area contributed by atoms with Crippen molar-refractivity contribution in [1.29, 1.82) is 0 Å². The number of nitrogens with one attached hydrogen (secondary N) is 1. The van der Waals surface area contributed by atoms with Crippen LogP contribution in [-0.4, -0.2) is 65.1 Å². The third kappa shape index (κ3) is 5.87. The SMILES string of the molecule is COc1cc([C@H]2Oc3c(OC)cc(C=CC(=O)N[C@@H](CCC(=O)O)C(=O)O)cc3[C@H]2CO)ccc1O. The molecule has 0 saturated carbocycles. The molecule has 11 heteroatoms. The van der Waals surface area contributed by atoms with E-state index in [0.717, 1.165) is 6.08 Å². The van der Waals surface area contributed by atoms with Crippen LogP contribution in [0.3, 0.4) is 0 Å². The number of ether oxygens (including phenoxy) is 3. The molecule has 2 aromatic rings. The molecule has 0 spiro atoms. The molecule has 3 atom stereocenters. The summed E-state index contributed by atoms with van der Waals surface area (Å²) in [5.74, 6) is -2.69. The number of methoxy groups -OCH3 is 2. The van der Waals surface area contributed by atoms with Crippen molar-refractivity contribution in [2.45, 2.75) is 30.9 Å². The summed E-state index contributed by atoms with van der Waals surface area (Å²) >= 11 is 0. The lowest BCUT2D eigenvalue weighted by Gasteiger charge is -2.18. The van der Waals surface area contributed by atoms with Gasteiger partial charge in [0.05, 0.1) is 26.7 Å². The molecule has 1 heterocycles. The average molecular weight is 501 g/mol. The fourth-order valence-electron chi connectivity index (χ4n) is 3.95. The maximum Gasteiger partial charge on any atom is 0.326 e. The van der Waals surface area contributed by atoms with Gasteiger partial charge in [0.15, 0.2) is 23.0 Å². The van der Waals surface area contributed by atoms with Gasteiger partial charge in [0.25, 0.3) is 0 Å². The summed E-state index contributed by atoms with van der Waals surface area (Å²) in [7, 11) is 2.87. The summed E-state index contributed by atoms with van der Waals surface area (Å²) in [5.41, 5.74) is 1.84. The second-order valence-electron chi connectivity index (χ2n) is 8.07. The second-order valence-corrected chi connectivity index (χ2v) is 8.07. The van der Waals surface area contributed by atoms with Gasteiger partial charge in [-0.2, -0.15) is 0 Å². The predicted molar refractivity (Wildman–Crippen MR) is 126 cm³/mol. The van der Waals surface area contributed by atoms with Gasteiger partial charge in [-0.15, -0.1) is 0 Å². The number of aromatic hydroxyl groups is 1. The topological polar surface area (TPSA) is 172 Å². The van der Waals surface area contributed by atoms with Crippen molar-refractivity contribution >= 4 is 23.9 Å². The Hall–Kier alpha value is -4.25. The highest BCUT2D eigenvalue weighted by atomic mass is 16.5. The molecule has 1 aliphatic rings. The summed E-state index contributed by atoms with van der Waals surface area (Å²) in [4.78, 5) is 34.3. The Kier molecular flexibility index (Phi) is 8.38. The first kappa shape index (κ1) is 26.4. The van der Waals surface area contributed by atoms with Crippen molar-refractivity contribution in [3.8, 4) is 23.0 Å². The van der Waals surface area contributed by atoms with Crippen molar-refractivity contribution in [3.05, 3.63) is 53.1 Å². The van der Waals surface area contributed by atoms with E-state index in [1.165, 1.54) is 26.4 Å². The first-order valence-electron chi connectivity index (χ1n) is 11.0. The molecule has 192 valence electrons. The quantitative estimate of drug-likeness (QED) is 0.287. The van der Waals surface area contributed by atoms with E-state index in [1.807, 2.05) is 0 Å². The molecule has 0 radical (unpaired) electrons. The third-order valence-electron chi connectivity index (χ3n) is 5.75. The van der Waals surface area contributed by atoms with Gasteiger partial charge in [-0.05, 0) is 47.9 Å². The van der Waals surface area contributed by atoms with Crippen LogP contribution in [0.15, 0.2) is 36.4 Å². The Labute approximate surface area is 206 Å². The fraction of sp³-hybridized carbons (Fsp3) is 0.320. The van der Waals surface area contributed by atoms with E-state index >= 15 is 0 Å². The Bertz CT molecular complexity index is 1180. The summed E-state index contributed by atoms with van der Waals surface area (Å²) < 4.78 is 16.8. The number of carbonyl (C=O) groups excluding carboxylic acids is 1. The molecule has 2 aromatic carbocycles. The molecular weight excluding hydrogens is 474 g/mol. The summed E-state index contributed by atoms with van der Waals surface area (Å²) in [6, 6.07) is 6.76. The van der Waals surface area contributed by atoms with E-state index in [-0.39, 0.29) is 24.5 Å². The first-order chi connectivity index (χ1) is 17.2. The smallest absolute Gasteiger partial charge is 0.326 e. The van der Waals surface area contributed by atoms with Crippen molar-refractivity contribution in [1.82, 2.24) is 5.32 Å². The number of carbonyl (C=O) groups is 3. The minimum atomic E-state index is -1.34. The fourth-order valence-corrected chi connectivity index (χ4v) is 3.95. The van der Waals surface area contributed by atoms with Gasteiger partial charge < -0.3 is 40.0 Å². The molecule has 0 unspecified atom stereocenters. The lowest BCUT2D eigenvalue weighted by atomic mass is 9.90. The van der Waals surface area contributed by atoms with Crippen molar-refractivity contribution in [2.75, 3.05) is 20.8 Å². The van der Waals surface area contributed by atoms with Crippen LogP contribution < -0.4 is 19.5 Å². The molecule has 3 rings (SSSR count). The van der Waals surface area contributed by atoms with Crippen LogP contribution in [0.5, 0.6) is 23.0 Å². The van der Waals surface area contributed by atoms with Crippen LogP contribution in [0, 0.1) is 0 Å². The number of carboxylic acid groups (broad SMARTS) is 2. The maximum absolute atomic E-state index is 12.3. The molecule has 11 nitrogen and oxygen atoms in total. The second kappa shape index (κ2) is 11.5. The summed E-state index contributed by atoms with van der Waals surface area (Å²) in [6.45, 7) is -0.262. The zero-order valence-corrected chi connectivity index (χ0v) is 19.6. The van der Waals surface area contributed by atoms with Crippen molar-refractivity contribution in [2.24, 2.45) is 0 Å². The Morgan fingerprint density at radius 3 is 2.44 bits per heavy atom. The minimum Gasteiger partial charge on any atom is -0.504 e. The molecule has 1 aliphatic heterocycles. The Balaban J connectivity index is 1.84. The molecule has 0 saturated heterocycles. The van der Waals surface area contributed by atoms with Gasteiger partial charge in [0.1, 0.15) is 12.1 Å². The molecule has 0 aromatic heterocycles. The lowest BCUT2D eigenvalue weighted by Crippen LogP contribution is -2.40. The largest absolute Gasteiger partial charge is 0.504 e. The predicted octanol–water partition coefficient (Wildman–Crippen LogP) is 2.07. The highest BCUT2D eigenvalue weighted by Crippen LogP contribution is 2.51. The number of fused-ring (bicyclic) bond motifs is 1. The normalized spacial score (nSPS) is 17.2. The number of phenols is 1. The van der Waals surface area contributed by atoms with E-state index in [9.17, 15) is 29.7 Å². The van der Waals surface area contributed by atoms with Gasteiger partial charge in [0.2, 0.25) is 5.91 Å². The van der Waals surface area contributed by atoms with E-state index in [0.29, 0.717) is 28.2 Å². The number of hydrogen-bond acceptors (Lipinski definition) is 8. The number of rotatable bonds is 11. The molecule has 0 aliphatic carbocycles. The maximum atomic E-state index is 12.3. The monoisotopic (exact) mass is 501 g/mol. The molecule has 36 heavy (non-hydrogen) atoms. The Morgan fingerprint density at radius 1 is 1.11 bits per heavy atom. The minimum absolute atomic E-state index is 0.0336. The molecular formula is C25H27NO10. The number of amides is 1. The van der Waals surface area contributed by atoms with E-state index in [4.69, 9.17) is 19.3 Å². The number of hydrogen-bond donors (Lipinski definition) is 5. The van der Waals surface area contributed by atoms with E-state index in [1.54, 1.807) is 24.3 Å². The number of carboxylic acids is 2. The van der Waals surface area contributed by atoms with Crippen LogP contribution in [0.4, 0.5) is 0 Å². The van der Waals surface area contributed by atoms with Crippen molar-refractivity contribution in [3.63, 3.8) is 0 Å². The molecule has 5 N–H and O–H groups in total. The van der Waals surface area contributed by atoms with E-state index < -0.39 is 42.3 Å². The number of benzene rings is 2. The third-order valence-corrected chi connectivity index (χ3v) is 5.75. The number of aliphatic carboxylic acids is 2. The van der Waals surface area contributed by atoms with Crippen LogP contribution >= 0.6 is 0 Å². The van der Waals surface area contributed by atoms with Crippen LogP contribution in [-0.2, 0) is 14.4 Å². The number of aliphatic hydroxyl groups is 1. The average Bonchev–Trinajstić information content (AvgIpc) is 3.23. The van der Waals surface area contributed by atoms with Gasteiger partial charge in [-0.1, -0.05) is 6.07 Å². The van der Waals surface area contributed by atoms with Gasteiger partial charge in [0, 0.05) is 18.1 Å². The van der Waals surface area contributed by atoms with Gasteiger partial charge in [-0.25, -0.2) is 4.79 Å². The first-order valence-corrected chi connectivity index (χ1v) is 11.0. The van der Waals surface area contributed by atoms with Crippen LogP contribution in [0.25, 0.3) is 6.08 Å². The van der Waals surface area contributed by atoms with Gasteiger partial charge >= 0.3 is 11.9 Å². The zero-order chi connectivity index (χ0) is 26.4. The summed E-state index contributed by atoms with van der Waals surface area (Å²) in [5, 5.41) is 40.3. The van der Waals surface area contributed by atoms with E-state index in [2.05, 4.69) is 5.32 Å².